The van der Waals surface area contributed by atoms with Crippen LogP contribution in [0.4, 0.5) is 0 Å². The monoisotopic (exact) mass is 369 g/mol. The highest BCUT2D eigenvalue weighted by molar-refractivity contribution is 6.03. The van der Waals surface area contributed by atoms with Crippen molar-refractivity contribution in [3.05, 3.63) is 35.4 Å². The number of fused-ring (bicyclic) bond motifs is 4. The summed E-state index contributed by atoms with van der Waals surface area (Å²) in [5.41, 5.74) is 1.72. The summed E-state index contributed by atoms with van der Waals surface area (Å²) in [5, 5.41) is 0. The van der Waals surface area contributed by atoms with E-state index in [1.54, 1.807) is 7.11 Å². The van der Waals surface area contributed by atoms with E-state index in [2.05, 4.69) is 4.90 Å². The van der Waals surface area contributed by atoms with Crippen LogP contribution in [0.25, 0.3) is 0 Å². The molecular formula is C23H31NO3. The maximum atomic E-state index is 13.4. The highest BCUT2D eigenvalue weighted by Crippen LogP contribution is 2.53. The molecule has 1 aromatic rings. The van der Waals surface area contributed by atoms with Gasteiger partial charge in [-0.2, -0.15) is 0 Å². The normalized spacial score (nSPS) is 35.4. The first-order valence-corrected chi connectivity index (χ1v) is 10.9. The smallest absolute Gasteiger partial charge is 0.260 e. The summed E-state index contributed by atoms with van der Waals surface area (Å²) in [4.78, 5) is 15.9. The molecule has 2 aliphatic heterocycles. The molecule has 1 aromatic carbocycles. The lowest BCUT2D eigenvalue weighted by Crippen LogP contribution is -2.55. The fourth-order valence-corrected chi connectivity index (χ4v) is 6.24. The maximum Gasteiger partial charge on any atom is 0.260 e. The number of carbonyl (C=O) groups excluding carboxylic acids is 1. The minimum atomic E-state index is -0.890. The lowest BCUT2D eigenvalue weighted by molar-refractivity contribution is -0.294. The summed E-state index contributed by atoms with van der Waals surface area (Å²) in [6, 6.07) is 8.55. The predicted octanol–water partition coefficient (Wildman–Crippen LogP) is 4.62. The van der Waals surface area contributed by atoms with Gasteiger partial charge in [0.25, 0.3) is 5.91 Å². The quantitative estimate of drug-likeness (QED) is 0.779. The van der Waals surface area contributed by atoms with Crippen LogP contribution in [0.3, 0.4) is 0 Å². The summed E-state index contributed by atoms with van der Waals surface area (Å²) in [5.74, 6) is -0.202. The van der Waals surface area contributed by atoms with Crippen molar-refractivity contribution in [1.29, 1.82) is 0 Å². The number of nitrogens with zero attached hydrogens (tertiary/aromatic N) is 1. The third-order valence-corrected chi connectivity index (χ3v) is 7.43. The third-order valence-electron chi connectivity index (χ3n) is 7.43. The molecule has 4 nitrogen and oxygen atoms in total. The van der Waals surface area contributed by atoms with Crippen molar-refractivity contribution >= 4 is 5.78 Å². The van der Waals surface area contributed by atoms with Gasteiger partial charge in [0.2, 0.25) is 0 Å². The predicted molar refractivity (Wildman–Crippen MR) is 103 cm³/mol. The van der Waals surface area contributed by atoms with Crippen molar-refractivity contribution < 1.29 is 14.3 Å². The Morgan fingerprint density at radius 2 is 1.67 bits per heavy atom. The van der Waals surface area contributed by atoms with Crippen LogP contribution in [0, 0.1) is 5.92 Å². The molecule has 2 aliphatic carbocycles. The Balaban J connectivity index is 1.64. The van der Waals surface area contributed by atoms with E-state index in [9.17, 15) is 4.79 Å². The highest BCUT2D eigenvalue weighted by atomic mass is 16.7. The van der Waals surface area contributed by atoms with Crippen LogP contribution in [0.2, 0.25) is 0 Å². The van der Waals surface area contributed by atoms with Crippen LogP contribution < -0.4 is 0 Å². The number of Topliss-reactive ketones (excluding diaryl/α,β-unsaturated/α-hetero) is 1. The second kappa shape index (κ2) is 6.98. The van der Waals surface area contributed by atoms with Gasteiger partial charge in [-0.3, -0.25) is 4.79 Å². The first-order valence-electron chi connectivity index (χ1n) is 10.9. The van der Waals surface area contributed by atoms with Gasteiger partial charge in [-0.1, -0.05) is 62.8 Å². The standard InChI is InChI=1S/C23H31NO3/c1-26-23-19-15-9-8-14-18(19)21(25)22(27-23)20(16-10-4-2-5-11-16)24(23)17-12-6-3-7-13-17/h8-9,14-17,20,22H,2-7,10-13H2,1H3/t20-,22-,23-/m1/s1. The Kier molecular flexibility index (Phi) is 4.61. The molecule has 27 heavy (non-hydrogen) atoms. The molecule has 0 unspecified atom stereocenters. The van der Waals surface area contributed by atoms with E-state index in [1.807, 2.05) is 24.3 Å². The topological polar surface area (TPSA) is 38.8 Å². The largest absolute Gasteiger partial charge is 0.337 e. The van der Waals surface area contributed by atoms with Gasteiger partial charge >= 0.3 is 0 Å². The van der Waals surface area contributed by atoms with Gasteiger partial charge in [0.1, 0.15) is 6.10 Å². The lowest BCUT2D eigenvalue weighted by Gasteiger charge is -2.46. The molecule has 3 atom stereocenters. The Hall–Kier alpha value is -1.23. The van der Waals surface area contributed by atoms with E-state index in [-0.39, 0.29) is 17.9 Å². The number of carbonyl (C=O) groups is 1. The molecule has 146 valence electrons. The molecule has 0 N–H and O–H groups in total. The first-order chi connectivity index (χ1) is 13.3. The molecule has 0 radical (unpaired) electrons. The summed E-state index contributed by atoms with van der Waals surface area (Å²) >= 11 is 0. The molecular weight excluding hydrogens is 338 g/mol. The minimum absolute atomic E-state index is 0.147. The van der Waals surface area contributed by atoms with E-state index >= 15 is 0 Å². The van der Waals surface area contributed by atoms with Gasteiger partial charge in [0.15, 0.2) is 5.78 Å². The van der Waals surface area contributed by atoms with Gasteiger partial charge in [-0.25, -0.2) is 4.90 Å². The van der Waals surface area contributed by atoms with E-state index in [0.717, 1.165) is 11.1 Å². The van der Waals surface area contributed by atoms with Crippen molar-refractivity contribution in [2.45, 2.75) is 88.3 Å². The van der Waals surface area contributed by atoms with Crippen LogP contribution in [0.5, 0.6) is 0 Å². The Bertz CT molecular complexity index is 707. The molecule has 0 aromatic heterocycles. The Morgan fingerprint density at radius 1 is 1.00 bits per heavy atom. The molecule has 3 fully saturated rings. The van der Waals surface area contributed by atoms with Gasteiger partial charge in [-0.05, 0) is 31.6 Å². The van der Waals surface area contributed by atoms with Crippen LogP contribution in [-0.4, -0.2) is 36.0 Å². The summed E-state index contributed by atoms with van der Waals surface area (Å²) < 4.78 is 12.7. The zero-order chi connectivity index (χ0) is 18.4. The van der Waals surface area contributed by atoms with E-state index < -0.39 is 5.91 Å². The number of ether oxygens (including phenoxy) is 2. The second-order valence-electron chi connectivity index (χ2n) is 8.82. The van der Waals surface area contributed by atoms with Gasteiger partial charge < -0.3 is 9.47 Å². The molecule has 1 saturated heterocycles. The van der Waals surface area contributed by atoms with Crippen LogP contribution >= 0.6 is 0 Å². The molecule has 4 aliphatic rings. The number of methoxy groups -OCH3 is 1. The number of hydrogen-bond donors (Lipinski definition) is 0. The van der Waals surface area contributed by atoms with E-state index in [0.29, 0.717) is 12.0 Å². The van der Waals surface area contributed by atoms with Gasteiger partial charge in [0.05, 0.1) is 6.04 Å². The average Bonchev–Trinajstić information content (AvgIpc) is 3.07. The van der Waals surface area contributed by atoms with Crippen LogP contribution in [0.1, 0.15) is 80.1 Å². The number of ketones is 1. The first kappa shape index (κ1) is 17.8. The fraction of sp³-hybridized carbons (Fsp3) is 0.696. The number of benzene rings is 1. The van der Waals surface area contributed by atoms with Gasteiger partial charge in [0, 0.05) is 24.3 Å². The molecule has 2 heterocycles. The average molecular weight is 370 g/mol. The minimum Gasteiger partial charge on any atom is -0.337 e. The molecule has 0 spiro atoms. The Labute approximate surface area is 162 Å². The number of hydrogen-bond acceptors (Lipinski definition) is 4. The molecule has 0 amide bonds. The molecule has 4 heteroatoms. The summed E-state index contributed by atoms with van der Waals surface area (Å²) in [7, 11) is 1.75. The SMILES string of the molecule is CO[C@@]12O[C@@H](C(=O)c3ccccc31)[C@@H](C1CCCCC1)N2C1CCCCC1. The summed E-state index contributed by atoms with van der Waals surface area (Å²) in [6.45, 7) is 0. The van der Waals surface area contributed by atoms with Crippen molar-refractivity contribution in [3.63, 3.8) is 0 Å². The van der Waals surface area contributed by atoms with Crippen molar-refractivity contribution in [3.8, 4) is 0 Å². The fourth-order valence-electron chi connectivity index (χ4n) is 6.24. The Morgan fingerprint density at radius 3 is 2.37 bits per heavy atom. The van der Waals surface area contributed by atoms with Crippen molar-refractivity contribution in [2.75, 3.05) is 7.11 Å². The zero-order valence-electron chi connectivity index (χ0n) is 16.4. The van der Waals surface area contributed by atoms with E-state index in [4.69, 9.17) is 9.47 Å². The van der Waals surface area contributed by atoms with Gasteiger partial charge in [-0.15, -0.1) is 0 Å². The van der Waals surface area contributed by atoms with Crippen molar-refractivity contribution in [2.24, 2.45) is 5.92 Å². The lowest BCUT2D eigenvalue weighted by atomic mass is 9.79. The summed E-state index contributed by atoms with van der Waals surface area (Å²) in [6.07, 6.45) is 12.1. The van der Waals surface area contributed by atoms with Crippen LogP contribution in [0.15, 0.2) is 24.3 Å². The number of rotatable bonds is 3. The maximum absolute atomic E-state index is 13.4. The molecule has 2 bridgehead atoms. The van der Waals surface area contributed by atoms with E-state index in [1.165, 1.54) is 64.2 Å². The molecule has 2 saturated carbocycles. The van der Waals surface area contributed by atoms with Crippen LogP contribution in [-0.2, 0) is 15.4 Å². The second-order valence-corrected chi connectivity index (χ2v) is 8.82. The highest BCUT2D eigenvalue weighted by Gasteiger charge is 2.64. The zero-order valence-corrected chi connectivity index (χ0v) is 16.4. The van der Waals surface area contributed by atoms with Crippen molar-refractivity contribution in [1.82, 2.24) is 4.90 Å². The molecule has 5 rings (SSSR count). The third kappa shape index (κ3) is 2.64.